The highest BCUT2D eigenvalue weighted by atomic mass is 32.2. The quantitative estimate of drug-likeness (QED) is 0.776. The third-order valence-corrected chi connectivity index (χ3v) is 6.56. The number of nitrogens with zero attached hydrogens (tertiary/aromatic N) is 3. The first-order valence-electron chi connectivity index (χ1n) is 9.62. The van der Waals surface area contributed by atoms with Gasteiger partial charge in [0.25, 0.3) is 0 Å². The normalized spacial score (nSPS) is 22.9. The number of carbonyl (C=O) groups is 1. The Morgan fingerprint density at radius 2 is 1.90 bits per heavy atom. The fraction of sp³-hybridized carbons (Fsp3) is 0.500. The van der Waals surface area contributed by atoms with Crippen molar-refractivity contribution in [3.8, 4) is 0 Å². The molecule has 3 heterocycles. The maximum atomic E-state index is 13.0. The lowest BCUT2D eigenvalue weighted by molar-refractivity contribution is -0.137. The molecule has 2 aliphatic rings. The van der Waals surface area contributed by atoms with Gasteiger partial charge in [-0.2, -0.15) is 18.3 Å². The third kappa shape index (κ3) is 4.39. The van der Waals surface area contributed by atoms with Crippen LogP contribution in [-0.2, 0) is 6.18 Å². The van der Waals surface area contributed by atoms with E-state index in [2.05, 4.69) is 10.2 Å². The highest BCUT2D eigenvalue weighted by molar-refractivity contribution is 7.99. The number of H-pyrrole nitrogens is 1. The zero-order valence-corrected chi connectivity index (χ0v) is 16.9. The molecule has 156 valence electrons. The first-order valence-corrected chi connectivity index (χ1v) is 10.8. The van der Waals surface area contributed by atoms with Crippen molar-refractivity contribution >= 4 is 17.8 Å². The number of halogens is 3. The van der Waals surface area contributed by atoms with Gasteiger partial charge in [0.05, 0.1) is 17.1 Å². The number of aromatic amines is 1. The molecular weight excluding hydrogens is 401 g/mol. The second-order valence-corrected chi connectivity index (χ2v) is 8.79. The van der Waals surface area contributed by atoms with Crippen LogP contribution in [-0.4, -0.2) is 57.3 Å². The molecule has 0 radical (unpaired) electrons. The van der Waals surface area contributed by atoms with E-state index in [9.17, 15) is 18.0 Å². The number of nitrogens with one attached hydrogen (secondary N) is 1. The Bertz CT molecular complexity index is 861. The van der Waals surface area contributed by atoms with E-state index >= 15 is 0 Å². The van der Waals surface area contributed by atoms with Crippen LogP contribution in [0.5, 0.6) is 0 Å². The molecule has 2 amide bonds. The number of benzene rings is 1. The van der Waals surface area contributed by atoms with Crippen molar-refractivity contribution in [3.05, 3.63) is 52.8 Å². The molecule has 5 nitrogen and oxygen atoms in total. The van der Waals surface area contributed by atoms with Crippen LogP contribution in [0, 0.1) is 6.92 Å². The predicted octanol–water partition coefficient (Wildman–Crippen LogP) is 4.44. The summed E-state index contributed by atoms with van der Waals surface area (Å²) < 4.78 is 38.7. The van der Waals surface area contributed by atoms with Crippen molar-refractivity contribution in [2.45, 2.75) is 31.4 Å². The second-order valence-electron chi connectivity index (χ2n) is 7.71. The Kier molecular flexibility index (Phi) is 5.50. The molecule has 29 heavy (non-hydrogen) atoms. The first kappa shape index (κ1) is 20.1. The van der Waals surface area contributed by atoms with Crippen molar-refractivity contribution in [2.75, 3.05) is 31.3 Å². The topological polar surface area (TPSA) is 52.2 Å². The molecule has 0 bridgehead atoms. The standard InChI is InChI=1S/C20H23F3N4OS/c1-13-8-18(25-24-13)16-9-15(14-2-4-17(5-3-14)20(21,22)23)10-27(11-16)19(28)26-6-7-29-12-26/h2-5,8,15-16H,6-7,9-12H2,1H3,(H,24,25). The molecule has 1 aromatic carbocycles. The molecule has 2 atom stereocenters. The van der Waals surface area contributed by atoms with Gasteiger partial charge in [-0.1, -0.05) is 12.1 Å². The number of rotatable bonds is 2. The second kappa shape index (κ2) is 7.93. The Morgan fingerprint density at radius 1 is 1.17 bits per heavy atom. The minimum atomic E-state index is -4.35. The van der Waals surface area contributed by atoms with Crippen molar-refractivity contribution in [1.82, 2.24) is 20.0 Å². The third-order valence-electron chi connectivity index (χ3n) is 5.60. The number of aromatic nitrogens is 2. The van der Waals surface area contributed by atoms with E-state index in [0.717, 1.165) is 47.8 Å². The maximum Gasteiger partial charge on any atom is 0.416 e. The summed E-state index contributed by atoms with van der Waals surface area (Å²) in [6, 6.07) is 7.32. The summed E-state index contributed by atoms with van der Waals surface area (Å²) in [6.07, 6.45) is -3.61. The van der Waals surface area contributed by atoms with E-state index in [0.29, 0.717) is 19.0 Å². The van der Waals surface area contributed by atoms with Gasteiger partial charge in [0.2, 0.25) is 0 Å². The molecule has 2 aliphatic heterocycles. The van der Waals surface area contributed by atoms with E-state index < -0.39 is 11.7 Å². The van der Waals surface area contributed by atoms with E-state index in [4.69, 9.17) is 0 Å². The van der Waals surface area contributed by atoms with Crippen LogP contribution in [0.25, 0.3) is 0 Å². The highest BCUT2D eigenvalue weighted by Gasteiger charge is 2.36. The average Bonchev–Trinajstić information content (AvgIpc) is 3.38. The Hall–Kier alpha value is -2.16. The SMILES string of the molecule is Cc1cc(C2CC(c3ccc(C(F)(F)F)cc3)CN(C(=O)N3CCSC3)C2)n[nH]1. The number of aryl methyl sites for hydroxylation is 1. The summed E-state index contributed by atoms with van der Waals surface area (Å²) in [7, 11) is 0. The van der Waals surface area contributed by atoms with Gasteiger partial charge in [0.1, 0.15) is 0 Å². The van der Waals surface area contributed by atoms with E-state index in [-0.39, 0.29) is 17.9 Å². The van der Waals surface area contributed by atoms with Crippen LogP contribution in [0.4, 0.5) is 18.0 Å². The molecule has 2 aromatic rings. The number of likely N-dealkylation sites (tertiary alicyclic amines) is 1. The minimum Gasteiger partial charge on any atom is -0.323 e. The molecule has 2 fully saturated rings. The lowest BCUT2D eigenvalue weighted by Crippen LogP contribution is -2.48. The van der Waals surface area contributed by atoms with Gasteiger partial charge in [0.15, 0.2) is 0 Å². The summed E-state index contributed by atoms with van der Waals surface area (Å²) >= 11 is 1.73. The smallest absolute Gasteiger partial charge is 0.323 e. The van der Waals surface area contributed by atoms with E-state index in [1.165, 1.54) is 0 Å². The number of thioether (sulfide) groups is 1. The highest BCUT2D eigenvalue weighted by Crippen LogP contribution is 2.37. The predicted molar refractivity (Wildman–Crippen MR) is 106 cm³/mol. The largest absolute Gasteiger partial charge is 0.416 e. The number of carbonyl (C=O) groups excluding carboxylic acids is 1. The molecule has 4 rings (SSSR count). The van der Waals surface area contributed by atoms with Gasteiger partial charge < -0.3 is 9.80 Å². The number of amides is 2. The van der Waals surface area contributed by atoms with Gasteiger partial charge in [0, 0.05) is 42.9 Å². The zero-order valence-electron chi connectivity index (χ0n) is 16.1. The number of piperidine rings is 1. The molecule has 2 unspecified atom stereocenters. The van der Waals surface area contributed by atoms with Crippen LogP contribution < -0.4 is 0 Å². The average molecular weight is 424 g/mol. The van der Waals surface area contributed by atoms with Crippen molar-refractivity contribution in [1.29, 1.82) is 0 Å². The molecular formula is C20H23F3N4OS. The van der Waals surface area contributed by atoms with Gasteiger partial charge in [-0.25, -0.2) is 4.79 Å². The van der Waals surface area contributed by atoms with Crippen LogP contribution in [0.2, 0.25) is 0 Å². The van der Waals surface area contributed by atoms with Crippen LogP contribution in [0.1, 0.15) is 40.8 Å². The Labute approximate surface area is 171 Å². The summed E-state index contributed by atoms with van der Waals surface area (Å²) in [5.41, 5.74) is 2.01. The molecule has 0 saturated carbocycles. The van der Waals surface area contributed by atoms with E-state index in [1.807, 2.05) is 22.8 Å². The Morgan fingerprint density at radius 3 is 2.48 bits per heavy atom. The Balaban J connectivity index is 1.59. The number of hydrogen-bond acceptors (Lipinski definition) is 3. The van der Waals surface area contributed by atoms with Gasteiger partial charge in [-0.3, -0.25) is 5.10 Å². The van der Waals surface area contributed by atoms with Gasteiger partial charge >= 0.3 is 12.2 Å². The van der Waals surface area contributed by atoms with Crippen molar-refractivity contribution in [2.24, 2.45) is 0 Å². The van der Waals surface area contributed by atoms with Gasteiger partial charge in [-0.05, 0) is 37.1 Å². The zero-order chi connectivity index (χ0) is 20.6. The molecule has 0 spiro atoms. The molecule has 2 saturated heterocycles. The monoisotopic (exact) mass is 424 g/mol. The van der Waals surface area contributed by atoms with Gasteiger partial charge in [-0.15, -0.1) is 11.8 Å². The molecule has 1 aromatic heterocycles. The number of hydrogen-bond donors (Lipinski definition) is 1. The first-order chi connectivity index (χ1) is 13.8. The van der Waals surface area contributed by atoms with Crippen molar-refractivity contribution < 1.29 is 18.0 Å². The fourth-order valence-corrected chi connectivity index (χ4v) is 5.01. The van der Waals surface area contributed by atoms with E-state index in [1.54, 1.807) is 23.9 Å². The minimum absolute atomic E-state index is 0.00358. The van der Waals surface area contributed by atoms with Crippen molar-refractivity contribution in [3.63, 3.8) is 0 Å². The number of alkyl halides is 3. The molecule has 9 heteroatoms. The summed E-state index contributed by atoms with van der Waals surface area (Å²) in [6.45, 7) is 3.74. The number of urea groups is 1. The van der Waals surface area contributed by atoms with Crippen LogP contribution in [0.3, 0.4) is 0 Å². The van der Waals surface area contributed by atoms with Crippen LogP contribution in [0.15, 0.2) is 30.3 Å². The summed E-state index contributed by atoms with van der Waals surface area (Å²) in [4.78, 5) is 16.7. The van der Waals surface area contributed by atoms with Crippen LogP contribution >= 0.6 is 11.8 Å². The fourth-order valence-electron chi connectivity index (χ4n) is 4.07. The molecule has 0 aliphatic carbocycles. The maximum absolute atomic E-state index is 13.0. The lowest BCUT2D eigenvalue weighted by Gasteiger charge is -2.39. The molecule has 1 N–H and O–H groups in total. The summed E-state index contributed by atoms with van der Waals surface area (Å²) in [5, 5.41) is 7.33. The summed E-state index contributed by atoms with van der Waals surface area (Å²) in [5.74, 6) is 1.63. The lowest BCUT2D eigenvalue weighted by atomic mass is 9.83.